The summed E-state index contributed by atoms with van der Waals surface area (Å²) in [6.45, 7) is 18.7. The summed E-state index contributed by atoms with van der Waals surface area (Å²) in [5.41, 5.74) is 3.56. The van der Waals surface area contributed by atoms with Crippen LogP contribution >= 0.6 is 0 Å². The smallest absolute Gasteiger partial charge is 0.0146 e. The molecule has 1 aliphatic rings. The third-order valence-corrected chi connectivity index (χ3v) is 5.92. The maximum absolute atomic E-state index is 3.66. The maximum atomic E-state index is 3.66. The third kappa shape index (κ3) is 6.25. The first-order chi connectivity index (χ1) is 12.0. The number of hydrogen-bond donors (Lipinski definition) is 2. The molecule has 0 aromatic rings. The minimum absolute atomic E-state index is 0.255. The van der Waals surface area contributed by atoms with Gasteiger partial charge in [-0.15, -0.1) is 0 Å². The number of rotatable bonds is 14. The third-order valence-electron chi connectivity index (χ3n) is 5.92. The molecule has 0 spiro atoms. The number of nitrogens with one attached hydrogen (secondary N) is 2. The van der Waals surface area contributed by atoms with E-state index in [-0.39, 0.29) is 5.41 Å². The van der Waals surface area contributed by atoms with Gasteiger partial charge in [0.1, 0.15) is 0 Å². The highest BCUT2D eigenvalue weighted by molar-refractivity contribution is 5.43. The second-order valence-electron chi connectivity index (χ2n) is 8.29. The van der Waals surface area contributed by atoms with E-state index in [4.69, 9.17) is 0 Å². The second kappa shape index (κ2) is 11.9. The van der Waals surface area contributed by atoms with Crippen LogP contribution in [0.3, 0.4) is 0 Å². The zero-order chi connectivity index (χ0) is 18.7. The van der Waals surface area contributed by atoms with Crippen molar-refractivity contribution in [2.45, 2.75) is 80.1 Å². The van der Waals surface area contributed by atoms with E-state index in [1.165, 1.54) is 38.5 Å². The van der Waals surface area contributed by atoms with Crippen LogP contribution in [-0.2, 0) is 0 Å². The number of hydrogen-bond acceptors (Lipinski definition) is 2. The van der Waals surface area contributed by atoms with Crippen LogP contribution in [0.25, 0.3) is 0 Å². The van der Waals surface area contributed by atoms with Gasteiger partial charge in [0.25, 0.3) is 0 Å². The molecule has 0 saturated carbocycles. The van der Waals surface area contributed by atoms with Crippen LogP contribution in [-0.4, -0.2) is 26.2 Å². The number of unbranched alkanes of at least 4 members (excludes halogenated alkanes) is 2. The zero-order valence-electron chi connectivity index (χ0n) is 17.9. The van der Waals surface area contributed by atoms with Gasteiger partial charge in [0.15, 0.2) is 0 Å². The average Bonchev–Trinajstić information content (AvgIpc) is 2.94. The highest BCUT2D eigenvalue weighted by atomic mass is 14.8. The molecule has 0 fully saturated rings. The molecule has 0 heterocycles. The molecule has 0 aromatic carbocycles. The second-order valence-corrected chi connectivity index (χ2v) is 8.29. The van der Waals surface area contributed by atoms with Gasteiger partial charge in [0.05, 0.1) is 0 Å². The molecule has 0 atom stereocenters. The Morgan fingerprint density at radius 3 is 1.80 bits per heavy atom. The monoisotopic (exact) mass is 348 g/mol. The van der Waals surface area contributed by atoms with E-state index < -0.39 is 0 Å². The van der Waals surface area contributed by atoms with E-state index in [1.54, 1.807) is 11.1 Å². The Morgan fingerprint density at radius 1 is 0.800 bits per heavy atom. The molecule has 2 nitrogen and oxygen atoms in total. The summed E-state index contributed by atoms with van der Waals surface area (Å²) in [6.07, 6.45) is 12.5. The van der Waals surface area contributed by atoms with Crippen LogP contribution in [0.1, 0.15) is 80.1 Å². The van der Waals surface area contributed by atoms with Crippen molar-refractivity contribution >= 4 is 0 Å². The highest BCUT2D eigenvalue weighted by Gasteiger charge is 2.41. The predicted octanol–water partition coefficient (Wildman–Crippen LogP) is 5.71. The fourth-order valence-electron chi connectivity index (χ4n) is 4.37. The summed E-state index contributed by atoms with van der Waals surface area (Å²) in [4.78, 5) is 0. The lowest BCUT2D eigenvalue weighted by Crippen LogP contribution is -2.33. The van der Waals surface area contributed by atoms with Gasteiger partial charge in [0, 0.05) is 5.41 Å². The van der Waals surface area contributed by atoms with Gasteiger partial charge in [-0.05, 0) is 69.3 Å². The summed E-state index contributed by atoms with van der Waals surface area (Å²) in [5.74, 6) is 1.31. The van der Waals surface area contributed by atoms with Gasteiger partial charge >= 0.3 is 0 Å². The quantitative estimate of drug-likeness (QED) is 0.393. The van der Waals surface area contributed by atoms with Crippen molar-refractivity contribution < 1.29 is 0 Å². The van der Waals surface area contributed by atoms with Crippen LogP contribution in [0.15, 0.2) is 23.3 Å². The van der Waals surface area contributed by atoms with Crippen molar-refractivity contribution in [3.05, 3.63) is 23.3 Å². The van der Waals surface area contributed by atoms with Gasteiger partial charge in [0.2, 0.25) is 0 Å². The lowest BCUT2D eigenvalue weighted by atomic mass is 9.64. The highest BCUT2D eigenvalue weighted by Crippen LogP contribution is 2.50. The van der Waals surface area contributed by atoms with E-state index in [1.807, 2.05) is 0 Å². The molecule has 0 amide bonds. The minimum atomic E-state index is 0.255. The van der Waals surface area contributed by atoms with Crippen molar-refractivity contribution in [1.82, 2.24) is 10.6 Å². The van der Waals surface area contributed by atoms with Crippen molar-refractivity contribution in [2.75, 3.05) is 26.2 Å². The van der Waals surface area contributed by atoms with Crippen molar-refractivity contribution in [3.63, 3.8) is 0 Å². The zero-order valence-corrected chi connectivity index (χ0v) is 17.9. The maximum Gasteiger partial charge on any atom is 0.0146 e. The van der Waals surface area contributed by atoms with E-state index in [0.717, 1.165) is 26.2 Å². The van der Waals surface area contributed by atoms with Crippen LogP contribution in [0.5, 0.6) is 0 Å². The Hall–Kier alpha value is -0.600. The van der Waals surface area contributed by atoms with Crippen molar-refractivity contribution in [3.8, 4) is 0 Å². The molecule has 25 heavy (non-hydrogen) atoms. The minimum Gasteiger partial charge on any atom is -0.316 e. The molecule has 0 aliphatic heterocycles. The standard InChI is InChI=1S/C23H44N2/c1-7-9-15-24-17-12-21-11-14-23(19(3)4,20(5)6)22(21)13-18-25-16-10-8-2/h11,14,19-20,24-25H,7-10,12-13,15-18H2,1-6H3. The molecule has 1 aliphatic carbocycles. The summed E-state index contributed by atoms with van der Waals surface area (Å²) >= 11 is 0. The van der Waals surface area contributed by atoms with Crippen LogP contribution < -0.4 is 10.6 Å². The average molecular weight is 349 g/mol. The Bertz CT molecular complexity index is 410. The fraction of sp³-hybridized carbons (Fsp3) is 0.826. The van der Waals surface area contributed by atoms with Gasteiger partial charge in [-0.25, -0.2) is 0 Å². The molecule has 0 radical (unpaired) electrons. The molecule has 0 saturated heterocycles. The molecule has 146 valence electrons. The topological polar surface area (TPSA) is 24.1 Å². The molecular formula is C23H44N2. The molecule has 0 aromatic heterocycles. The lowest BCUT2D eigenvalue weighted by molar-refractivity contribution is 0.226. The summed E-state index contributed by atoms with van der Waals surface area (Å²) < 4.78 is 0. The Kier molecular flexibility index (Phi) is 10.7. The first-order valence-corrected chi connectivity index (χ1v) is 10.8. The molecule has 1 rings (SSSR count). The van der Waals surface area contributed by atoms with E-state index >= 15 is 0 Å². The van der Waals surface area contributed by atoms with Crippen LogP contribution in [0, 0.1) is 17.3 Å². The van der Waals surface area contributed by atoms with E-state index in [0.29, 0.717) is 11.8 Å². The largest absolute Gasteiger partial charge is 0.316 e. The van der Waals surface area contributed by atoms with Gasteiger partial charge in [-0.3, -0.25) is 0 Å². The van der Waals surface area contributed by atoms with Gasteiger partial charge < -0.3 is 10.6 Å². The first kappa shape index (κ1) is 22.4. The summed E-state index contributed by atoms with van der Waals surface area (Å²) in [7, 11) is 0. The Balaban J connectivity index is 2.78. The Morgan fingerprint density at radius 2 is 1.32 bits per heavy atom. The molecular weight excluding hydrogens is 304 g/mol. The van der Waals surface area contributed by atoms with Crippen molar-refractivity contribution in [2.24, 2.45) is 17.3 Å². The number of allylic oxidation sites excluding steroid dienone is 2. The van der Waals surface area contributed by atoms with Gasteiger partial charge in [-0.1, -0.05) is 72.1 Å². The fourth-order valence-corrected chi connectivity index (χ4v) is 4.37. The molecule has 2 heteroatoms. The van der Waals surface area contributed by atoms with E-state index in [2.05, 4.69) is 64.3 Å². The lowest BCUT2D eigenvalue weighted by Gasteiger charge is -2.40. The molecule has 0 unspecified atom stereocenters. The normalized spacial score (nSPS) is 16.6. The Labute approximate surface area is 157 Å². The van der Waals surface area contributed by atoms with Gasteiger partial charge in [-0.2, -0.15) is 0 Å². The van der Waals surface area contributed by atoms with Crippen molar-refractivity contribution in [1.29, 1.82) is 0 Å². The summed E-state index contributed by atoms with van der Waals surface area (Å²) in [6, 6.07) is 0. The first-order valence-electron chi connectivity index (χ1n) is 10.8. The summed E-state index contributed by atoms with van der Waals surface area (Å²) in [5, 5.41) is 7.28. The van der Waals surface area contributed by atoms with Crippen LogP contribution in [0.2, 0.25) is 0 Å². The molecule has 2 N–H and O–H groups in total. The van der Waals surface area contributed by atoms with E-state index in [9.17, 15) is 0 Å². The predicted molar refractivity (Wildman–Crippen MR) is 113 cm³/mol. The van der Waals surface area contributed by atoms with Crippen LogP contribution in [0.4, 0.5) is 0 Å². The SMILES string of the molecule is CCCCNCCC1=C(CCNCCCC)C(C(C)C)(C(C)C)C=C1. The molecule has 0 bridgehead atoms.